The van der Waals surface area contributed by atoms with Gasteiger partial charge >= 0.3 is 0 Å². The molecule has 2 heterocycles. The molecule has 2 aromatic rings. The van der Waals surface area contributed by atoms with E-state index >= 15 is 0 Å². The van der Waals surface area contributed by atoms with E-state index in [1.165, 1.54) is 5.69 Å². The van der Waals surface area contributed by atoms with Crippen LogP contribution in [0.25, 0.3) is 0 Å². The Balaban J connectivity index is 2.12. The van der Waals surface area contributed by atoms with Gasteiger partial charge in [0.2, 0.25) is 0 Å². The van der Waals surface area contributed by atoms with Crippen molar-refractivity contribution in [2.24, 2.45) is 0 Å². The van der Waals surface area contributed by atoms with Gasteiger partial charge in [-0.25, -0.2) is 4.98 Å². The number of aromatic nitrogens is 3. The molecule has 5 heteroatoms. The summed E-state index contributed by atoms with van der Waals surface area (Å²) in [6, 6.07) is 2.02. The van der Waals surface area contributed by atoms with Crippen LogP contribution in [-0.4, -0.2) is 21.8 Å². The van der Waals surface area contributed by atoms with Crippen LogP contribution in [0.2, 0.25) is 0 Å². The van der Waals surface area contributed by atoms with Gasteiger partial charge in [0.1, 0.15) is 5.01 Å². The van der Waals surface area contributed by atoms with E-state index in [-0.39, 0.29) is 0 Å². The lowest BCUT2D eigenvalue weighted by atomic mass is 10.4. The number of thiazole rings is 1. The molecule has 4 nitrogen and oxygen atoms in total. The topological polar surface area (TPSA) is 42.7 Å². The fourth-order valence-corrected chi connectivity index (χ4v) is 1.89. The standard InChI is InChI=1S/C9H12N4S/c1-10-6-8-2-3-12-13(8)7-9-11-4-5-14-9/h2-5,10H,6-7H2,1H3. The average Bonchev–Trinajstić information content (AvgIpc) is 2.80. The van der Waals surface area contributed by atoms with Gasteiger partial charge in [-0.3, -0.25) is 4.68 Å². The van der Waals surface area contributed by atoms with Crippen LogP contribution >= 0.6 is 11.3 Å². The molecule has 0 radical (unpaired) electrons. The van der Waals surface area contributed by atoms with Crippen LogP contribution < -0.4 is 5.32 Å². The first-order valence-electron chi connectivity index (χ1n) is 4.44. The molecule has 0 aliphatic carbocycles. The van der Waals surface area contributed by atoms with E-state index in [0.717, 1.165) is 18.1 Å². The van der Waals surface area contributed by atoms with Gasteiger partial charge in [-0.15, -0.1) is 11.3 Å². The first-order chi connectivity index (χ1) is 6.90. The second-order valence-corrected chi connectivity index (χ2v) is 3.92. The minimum absolute atomic E-state index is 0.766. The molecule has 0 atom stereocenters. The van der Waals surface area contributed by atoms with Gasteiger partial charge in [0.15, 0.2) is 0 Å². The summed E-state index contributed by atoms with van der Waals surface area (Å²) >= 11 is 1.66. The molecule has 0 aromatic carbocycles. The zero-order chi connectivity index (χ0) is 9.80. The molecule has 14 heavy (non-hydrogen) atoms. The van der Waals surface area contributed by atoms with Crippen LogP contribution in [0.4, 0.5) is 0 Å². The third-order valence-electron chi connectivity index (χ3n) is 1.93. The predicted molar refractivity (Wildman–Crippen MR) is 56.2 cm³/mol. The molecule has 0 fully saturated rings. The summed E-state index contributed by atoms with van der Waals surface area (Å²) in [6.45, 7) is 1.60. The molecule has 0 bridgehead atoms. The van der Waals surface area contributed by atoms with E-state index in [4.69, 9.17) is 0 Å². The normalized spacial score (nSPS) is 10.6. The molecule has 0 saturated heterocycles. The molecule has 0 unspecified atom stereocenters. The van der Waals surface area contributed by atoms with Gasteiger partial charge in [0.05, 0.1) is 12.2 Å². The number of nitrogens with one attached hydrogen (secondary N) is 1. The van der Waals surface area contributed by atoms with Crippen molar-refractivity contribution in [2.45, 2.75) is 13.1 Å². The Hall–Kier alpha value is -1.20. The highest BCUT2D eigenvalue weighted by molar-refractivity contribution is 7.09. The number of rotatable bonds is 4. The van der Waals surface area contributed by atoms with Crippen molar-refractivity contribution in [3.63, 3.8) is 0 Å². The summed E-state index contributed by atoms with van der Waals surface area (Å²) in [5.74, 6) is 0. The van der Waals surface area contributed by atoms with E-state index < -0.39 is 0 Å². The van der Waals surface area contributed by atoms with Crippen LogP contribution in [0, 0.1) is 0 Å². The molecule has 0 spiro atoms. The summed E-state index contributed by atoms with van der Waals surface area (Å²) in [5, 5.41) is 10.4. The van der Waals surface area contributed by atoms with Gasteiger partial charge in [-0.05, 0) is 13.1 Å². The van der Waals surface area contributed by atoms with E-state index in [2.05, 4.69) is 15.4 Å². The van der Waals surface area contributed by atoms with E-state index in [1.807, 2.05) is 35.6 Å². The van der Waals surface area contributed by atoms with Crippen molar-refractivity contribution in [1.29, 1.82) is 0 Å². The van der Waals surface area contributed by atoms with Crippen molar-refractivity contribution in [3.8, 4) is 0 Å². The fraction of sp³-hybridized carbons (Fsp3) is 0.333. The van der Waals surface area contributed by atoms with Gasteiger partial charge in [0, 0.05) is 24.3 Å². The molecular formula is C9H12N4S. The molecule has 0 amide bonds. The highest BCUT2D eigenvalue weighted by Gasteiger charge is 2.03. The zero-order valence-corrected chi connectivity index (χ0v) is 8.79. The summed E-state index contributed by atoms with van der Waals surface area (Å²) < 4.78 is 1.97. The summed E-state index contributed by atoms with van der Waals surface area (Å²) in [7, 11) is 1.93. The van der Waals surface area contributed by atoms with Crippen molar-refractivity contribution in [1.82, 2.24) is 20.1 Å². The maximum atomic E-state index is 4.25. The van der Waals surface area contributed by atoms with Gasteiger partial charge in [-0.1, -0.05) is 0 Å². The van der Waals surface area contributed by atoms with Crippen molar-refractivity contribution in [2.75, 3.05) is 7.05 Å². The van der Waals surface area contributed by atoms with Crippen molar-refractivity contribution in [3.05, 3.63) is 34.5 Å². The highest BCUT2D eigenvalue weighted by Crippen LogP contribution is 2.08. The molecule has 0 aliphatic heterocycles. The molecular weight excluding hydrogens is 196 g/mol. The first-order valence-corrected chi connectivity index (χ1v) is 5.32. The summed E-state index contributed by atoms with van der Waals surface area (Å²) in [4.78, 5) is 4.23. The third-order valence-corrected chi connectivity index (χ3v) is 2.70. The Labute approximate surface area is 86.6 Å². The van der Waals surface area contributed by atoms with Crippen LogP contribution in [-0.2, 0) is 13.1 Å². The third kappa shape index (κ3) is 2.00. The maximum absolute atomic E-state index is 4.25. The van der Waals surface area contributed by atoms with Crippen LogP contribution in [0.15, 0.2) is 23.8 Å². The largest absolute Gasteiger partial charge is 0.314 e. The quantitative estimate of drug-likeness (QED) is 0.818. The van der Waals surface area contributed by atoms with E-state index in [9.17, 15) is 0 Å². The maximum Gasteiger partial charge on any atom is 0.114 e. The van der Waals surface area contributed by atoms with Crippen molar-refractivity contribution >= 4 is 11.3 Å². The van der Waals surface area contributed by atoms with Gasteiger partial charge < -0.3 is 5.32 Å². The molecule has 2 rings (SSSR count). The first kappa shape index (κ1) is 9.36. The minimum Gasteiger partial charge on any atom is -0.314 e. The lowest BCUT2D eigenvalue weighted by Crippen LogP contribution is -2.12. The van der Waals surface area contributed by atoms with E-state index in [1.54, 1.807) is 11.3 Å². The van der Waals surface area contributed by atoms with Crippen LogP contribution in [0.5, 0.6) is 0 Å². The Morgan fingerprint density at radius 3 is 3.14 bits per heavy atom. The Morgan fingerprint density at radius 2 is 2.43 bits per heavy atom. The lowest BCUT2D eigenvalue weighted by Gasteiger charge is -2.04. The fourth-order valence-electron chi connectivity index (χ4n) is 1.29. The minimum atomic E-state index is 0.766. The average molecular weight is 208 g/mol. The summed E-state index contributed by atoms with van der Waals surface area (Å²) in [5.41, 5.74) is 1.18. The van der Waals surface area contributed by atoms with Crippen LogP contribution in [0.1, 0.15) is 10.7 Å². The molecule has 0 saturated carbocycles. The molecule has 2 aromatic heterocycles. The number of nitrogens with zero attached hydrogens (tertiary/aromatic N) is 3. The second-order valence-electron chi connectivity index (χ2n) is 2.94. The van der Waals surface area contributed by atoms with E-state index in [0.29, 0.717) is 0 Å². The summed E-state index contributed by atoms with van der Waals surface area (Å²) in [6.07, 6.45) is 3.64. The smallest absolute Gasteiger partial charge is 0.114 e. The Kier molecular flexibility index (Phi) is 2.90. The molecule has 1 N–H and O–H groups in total. The number of hydrogen-bond donors (Lipinski definition) is 1. The number of hydrogen-bond acceptors (Lipinski definition) is 4. The zero-order valence-electron chi connectivity index (χ0n) is 7.97. The van der Waals surface area contributed by atoms with Crippen LogP contribution in [0.3, 0.4) is 0 Å². The Morgan fingerprint density at radius 1 is 1.50 bits per heavy atom. The van der Waals surface area contributed by atoms with Crippen molar-refractivity contribution < 1.29 is 0 Å². The Bertz CT molecular complexity index is 379. The molecule has 74 valence electrons. The van der Waals surface area contributed by atoms with Gasteiger partial charge in [0.25, 0.3) is 0 Å². The highest BCUT2D eigenvalue weighted by atomic mass is 32.1. The van der Waals surface area contributed by atoms with Gasteiger partial charge in [-0.2, -0.15) is 5.10 Å². The second kappa shape index (κ2) is 4.34. The SMILES string of the molecule is CNCc1ccnn1Cc1nccs1. The predicted octanol–water partition coefficient (Wildman–Crippen LogP) is 1.11. The lowest BCUT2D eigenvalue weighted by molar-refractivity contribution is 0.620. The monoisotopic (exact) mass is 208 g/mol. The molecule has 0 aliphatic rings.